The van der Waals surface area contributed by atoms with Crippen molar-refractivity contribution < 1.29 is 13.9 Å². The SMILES string of the molecule is CCCCC(C)C(O)c1cc(F)c(Br)cc1F. The molecular weight excluding hydrogens is 290 g/mol. The topological polar surface area (TPSA) is 20.2 Å². The number of unbranched alkanes of at least 4 members (excludes halogenated alkanes) is 1. The number of rotatable bonds is 5. The van der Waals surface area contributed by atoms with Gasteiger partial charge in [0.15, 0.2) is 0 Å². The third-order valence-corrected chi connectivity index (χ3v) is 3.52. The fraction of sp³-hybridized carbons (Fsp3) is 0.538. The Morgan fingerprint density at radius 2 is 1.94 bits per heavy atom. The van der Waals surface area contributed by atoms with E-state index < -0.39 is 17.7 Å². The van der Waals surface area contributed by atoms with Gasteiger partial charge in [-0.2, -0.15) is 0 Å². The number of hydrogen-bond acceptors (Lipinski definition) is 1. The Bertz CT molecular complexity index is 382. The van der Waals surface area contributed by atoms with Gasteiger partial charge in [-0.05, 0) is 40.4 Å². The van der Waals surface area contributed by atoms with E-state index in [-0.39, 0.29) is 16.0 Å². The molecule has 4 heteroatoms. The Morgan fingerprint density at radius 1 is 1.29 bits per heavy atom. The molecule has 1 aromatic carbocycles. The molecule has 0 radical (unpaired) electrons. The summed E-state index contributed by atoms with van der Waals surface area (Å²) in [5.74, 6) is -1.21. The summed E-state index contributed by atoms with van der Waals surface area (Å²) < 4.78 is 27.0. The van der Waals surface area contributed by atoms with E-state index in [2.05, 4.69) is 22.9 Å². The molecule has 0 heterocycles. The molecule has 96 valence electrons. The van der Waals surface area contributed by atoms with Gasteiger partial charge in [-0.15, -0.1) is 0 Å². The van der Waals surface area contributed by atoms with E-state index in [1.807, 2.05) is 6.92 Å². The first-order chi connectivity index (χ1) is 7.97. The Morgan fingerprint density at radius 3 is 2.53 bits per heavy atom. The molecule has 0 aromatic heterocycles. The number of halogens is 3. The summed E-state index contributed by atoms with van der Waals surface area (Å²) in [6.07, 6.45) is 1.84. The van der Waals surface area contributed by atoms with Crippen LogP contribution >= 0.6 is 15.9 Å². The van der Waals surface area contributed by atoms with Crippen molar-refractivity contribution in [2.75, 3.05) is 0 Å². The second kappa shape index (κ2) is 6.45. The zero-order chi connectivity index (χ0) is 13.0. The molecule has 1 nitrogen and oxygen atoms in total. The quantitative estimate of drug-likeness (QED) is 0.789. The summed E-state index contributed by atoms with van der Waals surface area (Å²) >= 11 is 2.91. The van der Waals surface area contributed by atoms with Gasteiger partial charge in [0, 0.05) is 5.56 Å². The minimum atomic E-state index is -0.954. The van der Waals surface area contributed by atoms with Crippen LogP contribution in [0.1, 0.15) is 44.8 Å². The summed E-state index contributed by atoms with van der Waals surface area (Å²) in [5.41, 5.74) is 0.0364. The maximum atomic E-state index is 13.6. The highest BCUT2D eigenvalue weighted by molar-refractivity contribution is 9.10. The van der Waals surface area contributed by atoms with Crippen molar-refractivity contribution in [3.63, 3.8) is 0 Å². The standard InChI is InChI=1S/C13H17BrF2O/c1-3-4-5-8(2)13(17)9-6-12(16)10(14)7-11(9)15/h6-8,13,17H,3-5H2,1-2H3. The monoisotopic (exact) mass is 306 g/mol. The third-order valence-electron chi connectivity index (χ3n) is 2.91. The molecule has 0 spiro atoms. The van der Waals surface area contributed by atoms with Crippen molar-refractivity contribution in [3.05, 3.63) is 33.8 Å². The van der Waals surface area contributed by atoms with E-state index in [4.69, 9.17) is 0 Å². The van der Waals surface area contributed by atoms with Gasteiger partial charge in [-0.1, -0.05) is 26.7 Å². The van der Waals surface area contributed by atoms with Gasteiger partial charge >= 0.3 is 0 Å². The van der Waals surface area contributed by atoms with E-state index in [1.54, 1.807) is 0 Å². The minimum absolute atomic E-state index is 0.0364. The molecular formula is C13H17BrF2O. The van der Waals surface area contributed by atoms with E-state index in [9.17, 15) is 13.9 Å². The van der Waals surface area contributed by atoms with Gasteiger partial charge in [0.25, 0.3) is 0 Å². The zero-order valence-corrected chi connectivity index (χ0v) is 11.6. The van der Waals surface area contributed by atoms with E-state index in [1.165, 1.54) is 0 Å². The predicted octanol–water partition coefficient (Wildman–Crippen LogP) is 4.59. The van der Waals surface area contributed by atoms with Crippen LogP contribution in [0.5, 0.6) is 0 Å². The number of aliphatic hydroxyl groups excluding tert-OH is 1. The molecule has 0 fully saturated rings. The van der Waals surface area contributed by atoms with Crippen LogP contribution in [0.3, 0.4) is 0 Å². The van der Waals surface area contributed by atoms with E-state index in [0.717, 1.165) is 31.4 Å². The fourth-order valence-corrected chi connectivity index (χ4v) is 2.07. The lowest BCUT2D eigenvalue weighted by Crippen LogP contribution is -2.11. The molecule has 1 rings (SSSR count). The van der Waals surface area contributed by atoms with Crippen LogP contribution in [-0.2, 0) is 0 Å². The molecule has 1 N–H and O–H groups in total. The Hall–Kier alpha value is -0.480. The highest BCUT2D eigenvalue weighted by Gasteiger charge is 2.21. The third kappa shape index (κ3) is 3.75. The van der Waals surface area contributed by atoms with Gasteiger partial charge in [0.2, 0.25) is 0 Å². The summed E-state index contributed by atoms with van der Waals surface area (Å²) in [7, 11) is 0. The summed E-state index contributed by atoms with van der Waals surface area (Å²) in [4.78, 5) is 0. The molecule has 17 heavy (non-hydrogen) atoms. The first-order valence-electron chi connectivity index (χ1n) is 5.79. The van der Waals surface area contributed by atoms with Gasteiger partial charge in [0.05, 0.1) is 10.6 Å². The van der Waals surface area contributed by atoms with Crippen LogP contribution in [0.4, 0.5) is 8.78 Å². The Balaban J connectivity index is 2.88. The van der Waals surface area contributed by atoms with Gasteiger partial charge < -0.3 is 5.11 Å². The molecule has 0 amide bonds. The first-order valence-corrected chi connectivity index (χ1v) is 6.59. The Kier molecular flexibility index (Phi) is 5.53. The van der Waals surface area contributed by atoms with Crippen LogP contribution in [0, 0.1) is 17.6 Å². The normalized spacial score (nSPS) is 14.7. The van der Waals surface area contributed by atoms with Gasteiger partial charge in [0.1, 0.15) is 11.6 Å². The smallest absolute Gasteiger partial charge is 0.137 e. The molecule has 0 aliphatic heterocycles. The van der Waals surface area contributed by atoms with Crippen molar-refractivity contribution in [1.29, 1.82) is 0 Å². The molecule has 0 aliphatic rings. The van der Waals surface area contributed by atoms with Crippen molar-refractivity contribution >= 4 is 15.9 Å². The summed E-state index contributed by atoms with van der Waals surface area (Å²) in [6.45, 7) is 3.90. The van der Waals surface area contributed by atoms with Crippen LogP contribution in [-0.4, -0.2) is 5.11 Å². The van der Waals surface area contributed by atoms with Crippen LogP contribution in [0.25, 0.3) is 0 Å². The first kappa shape index (κ1) is 14.6. The molecule has 0 aliphatic carbocycles. The molecule has 2 unspecified atom stereocenters. The maximum Gasteiger partial charge on any atom is 0.137 e. The van der Waals surface area contributed by atoms with Crippen molar-refractivity contribution in [3.8, 4) is 0 Å². The van der Waals surface area contributed by atoms with Gasteiger partial charge in [-0.25, -0.2) is 8.78 Å². The lowest BCUT2D eigenvalue weighted by Gasteiger charge is -2.19. The number of hydrogen-bond donors (Lipinski definition) is 1. The van der Waals surface area contributed by atoms with Crippen molar-refractivity contribution in [2.24, 2.45) is 5.92 Å². The fourth-order valence-electron chi connectivity index (χ4n) is 1.76. The number of benzene rings is 1. The number of aliphatic hydroxyl groups is 1. The Labute approximate surface area is 109 Å². The average molecular weight is 307 g/mol. The highest BCUT2D eigenvalue weighted by atomic mass is 79.9. The molecule has 0 saturated heterocycles. The average Bonchev–Trinajstić information content (AvgIpc) is 2.29. The molecule has 0 saturated carbocycles. The van der Waals surface area contributed by atoms with Crippen LogP contribution in [0.2, 0.25) is 0 Å². The zero-order valence-electron chi connectivity index (χ0n) is 10.0. The summed E-state index contributed by atoms with van der Waals surface area (Å²) in [6, 6.07) is 2.12. The minimum Gasteiger partial charge on any atom is -0.388 e. The summed E-state index contributed by atoms with van der Waals surface area (Å²) in [5, 5.41) is 9.99. The molecule has 0 bridgehead atoms. The molecule has 1 aromatic rings. The largest absolute Gasteiger partial charge is 0.388 e. The van der Waals surface area contributed by atoms with Crippen molar-refractivity contribution in [1.82, 2.24) is 0 Å². The van der Waals surface area contributed by atoms with Crippen molar-refractivity contribution in [2.45, 2.75) is 39.2 Å². The second-order valence-electron chi connectivity index (χ2n) is 4.35. The molecule has 2 atom stereocenters. The van der Waals surface area contributed by atoms with Crippen LogP contribution < -0.4 is 0 Å². The van der Waals surface area contributed by atoms with E-state index in [0.29, 0.717) is 0 Å². The highest BCUT2D eigenvalue weighted by Crippen LogP contribution is 2.30. The maximum absolute atomic E-state index is 13.6. The predicted molar refractivity (Wildman–Crippen MR) is 67.7 cm³/mol. The van der Waals surface area contributed by atoms with Crippen LogP contribution in [0.15, 0.2) is 16.6 Å². The van der Waals surface area contributed by atoms with Gasteiger partial charge in [-0.3, -0.25) is 0 Å². The second-order valence-corrected chi connectivity index (χ2v) is 5.21. The lowest BCUT2D eigenvalue weighted by molar-refractivity contribution is 0.107. The van der Waals surface area contributed by atoms with E-state index >= 15 is 0 Å². The lowest BCUT2D eigenvalue weighted by atomic mass is 9.92.